The van der Waals surface area contributed by atoms with Crippen LogP contribution in [-0.2, 0) is 16.4 Å². The van der Waals surface area contributed by atoms with Crippen LogP contribution in [-0.4, -0.2) is 31.5 Å². The van der Waals surface area contributed by atoms with Gasteiger partial charge in [-0.3, -0.25) is 0 Å². The minimum absolute atomic E-state index is 0.225. The molecule has 18 heavy (non-hydrogen) atoms. The highest BCUT2D eigenvalue weighted by atomic mass is 32.2. The summed E-state index contributed by atoms with van der Waals surface area (Å²) in [5.74, 6) is 1.21. The minimum atomic E-state index is -2.87. The zero-order chi connectivity index (χ0) is 13.2. The molecule has 1 aliphatic rings. The second kappa shape index (κ2) is 5.45. The lowest BCUT2D eigenvalue weighted by atomic mass is 10.1. The average Bonchev–Trinajstić information content (AvgIpc) is 3.07. The normalized spacial score (nSPS) is 17.9. The third-order valence-electron chi connectivity index (χ3n) is 3.64. The Morgan fingerprint density at radius 1 is 1.50 bits per heavy atom. The molecule has 1 N–H and O–H groups in total. The maximum absolute atomic E-state index is 11.5. The van der Waals surface area contributed by atoms with Gasteiger partial charge in [-0.15, -0.1) is 0 Å². The first-order valence-corrected chi connectivity index (χ1v) is 8.41. The molecule has 0 aliphatic heterocycles. The summed E-state index contributed by atoms with van der Waals surface area (Å²) in [6.45, 7) is 2.25. The zero-order valence-corrected chi connectivity index (χ0v) is 11.9. The number of hydrogen-bond donors (Lipinski definition) is 1. The minimum Gasteiger partial charge on any atom is -0.353 e. The Labute approximate surface area is 109 Å². The van der Waals surface area contributed by atoms with Crippen molar-refractivity contribution in [1.29, 1.82) is 0 Å². The van der Waals surface area contributed by atoms with E-state index in [0.717, 1.165) is 5.92 Å². The SMILES string of the molecule is CCS(=O)(=O)CCn1ccc(C(NC)C2CC2)c1. The van der Waals surface area contributed by atoms with Crippen LogP contribution in [0.2, 0.25) is 0 Å². The predicted octanol–water partition coefficient (Wildman–Crippen LogP) is 1.59. The topological polar surface area (TPSA) is 51.1 Å². The number of aromatic nitrogens is 1. The fourth-order valence-electron chi connectivity index (χ4n) is 2.28. The lowest BCUT2D eigenvalue weighted by Crippen LogP contribution is -2.18. The van der Waals surface area contributed by atoms with Gasteiger partial charge in [0.25, 0.3) is 0 Å². The number of nitrogens with zero attached hydrogens (tertiary/aromatic N) is 1. The molecule has 4 nitrogen and oxygen atoms in total. The first-order chi connectivity index (χ1) is 8.55. The van der Waals surface area contributed by atoms with Crippen molar-refractivity contribution in [2.75, 3.05) is 18.6 Å². The van der Waals surface area contributed by atoms with Crippen LogP contribution in [0, 0.1) is 5.92 Å². The van der Waals surface area contributed by atoms with Crippen LogP contribution in [0.4, 0.5) is 0 Å². The van der Waals surface area contributed by atoms with Gasteiger partial charge in [-0.05, 0) is 37.4 Å². The maximum atomic E-state index is 11.5. The lowest BCUT2D eigenvalue weighted by molar-refractivity contribution is 0.527. The molecule has 0 amide bonds. The monoisotopic (exact) mass is 270 g/mol. The molecule has 0 bridgehead atoms. The Kier molecular flexibility index (Phi) is 4.12. The van der Waals surface area contributed by atoms with E-state index < -0.39 is 9.84 Å². The number of aryl methyl sites for hydroxylation is 1. The van der Waals surface area contributed by atoms with Crippen molar-refractivity contribution < 1.29 is 8.42 Å². The van der Waals surface area contributed by atoms with Crippen molar-refractivity contribution in [3.8, 4) is 0 Å². The summed E-state index contributed by atoms with van der Waals surface area (Å²) in [5, 5.41) is 3.35. The second-order valence-electron chi connectivity index (χ2n) is 5.02. The third-order valence-corrected chi connectivity index (χ3v) is 5.32. The summed E-state index contributed by atoms with van der Waals surface area (Å²) in [5.41, 5.74) is 1.27. The summed E-state index contributed by atoms with van der Waals surface area (Å²) in [7, 11) is -0.887. The van der Waals surface area contributed by atoms with E-state index in [9.17, 15) is 8.42 Å². The van der Waals surface area contributed by atoms with E-state index in [0.29, 0.717) is 12.6 Å². The van der Waals surface area contributed by atoms with Crippen molar-refractivity contribution in [2.45, 2.75) is 32.4 Å². The fraction of sp³-hybridized carbons (Fsp3) is 0.692. The second-order valence-corrected chi connectivity index (χ2v) is 7.50. The average molecular weight is 270 g/mol. The largest absolute Gasteiger partial charge is 0.353 e. The van der Waals surface area contributed by atoms with E-state index in [1.54, 1.807) is 6.92 Å². The molecule has 5 heteroatoms. The number of rotatable bonds is 7. The number of sulfone groups is 1. The molecule has 1 fully saturated rings. The maximum Gasteiger partial charge on any atom is 0.151 e. The third kappa shape index (κ3) is 3.36. The highest BCUT2D eigenvalue weighted by molar-refractivity contribution is 7.91. The molecule has 102 valence electrons. The molecule has 0 aromatic carbocycles. The van der Waals surface area contributed by atoms with Crippen molar-refractivity contribution in [2.24, 2.45) is 5.92 Å². The molecule has 0 radical (unpaired) electrons. The van der Waals surface area contributed by atoms with Gasteiger partial charge in [0.1, 0.15) is 0 Å². The van der Waals surface area contributed by atoms with E-state index in [4.69, 9.17) is 0 Å². The van der Waals surface area contributed by atoms with Crippen molar-refractivity contribution in [3.63, 3.8) is 0 Å². The van der Waals surface area contributed by atoms with Crippen LogP contribution < -0.4 is 5.32 Å². The molecule has 1 atom stereocenters. The molecular formula is C13H22N2O2S. The van der Waals surface area contributed by atoms with Crippen molar-refractivity contribution in [3.05, 3.63) is 24.0 Å². The van der Waals surface area contributed by atoms with Gasteiger partial charge < -0.3 is 9.88 Å². The Morgan fingerprint density at radius 2 is 2.22 bits per heavy atom. The zero-order valence-electron chi connectivity index (χ0n) is 11.1. The first-order valence-electron chi connectivity index (χ1n) is 6.59. The van der Waals surface area contributed by atoms with Crippen molar-refractivity contribution in [1.82, 2.24) is 9.88 Å². The van der Waals surface area contributed by atoms with E-state index in [1.807, 2.05) is 17.8 Å². The highest BCUT2D eigenvalue weighted by Crippen LogP contribution is 2.40. The number of hydrogen-bond acceptors (Lipinski definition) is 3. The Bertz CT molecular complexity index is 489. The molecule has 1 aromatic rings. The Morgan fingerprint density at radius 3 is 2.78 bits per heavy atom. The predicted molar refractivity (Wildman–Crippen MR) is 73.3 cm³/mol. The van der Waals surface area contributed by atoms with Crippen LogP contribution in [0.1, 0.15) is 31.4 Å². The lowest BCUT2D eigenvalue weighted by Gasteiger charge is -2.13. The standard InChI is InChI=1S/C13H22N2O2S/c1-3-18(16,17)9-8-15-7-6-12(10-15)13(14-2)11-4-5-11/h6-7,10-11,13-14H,3-5,8-9H2,1-2H3. The fourth-order valence-corrected chi connectivity index (χ4v) is 3.05. The molecular weight excluding hydrogens is 248 g/mol. The molecule has 1 aromatic heterocycles. The summed E-state index contributed by atoms with van der Waals surface area (Å²) in [6.07, 6.45) is 6.64. The molecule has 0 saturated heterocycles. The first kappa shape index (κ1) is 13.6. The van der Waals surface area contributed by atoms with Gasteiger partial charge in [-0.25, -0.2) is 8.42 Å². The number of nitrogens with one attached hydrogen (secondary N) is 1. The molecule has 1 aliphatic carbocycles. The quantitative estimate of drug-likeness (QED) is 0.818. The van der Waals surface area contributed by atoms with E-state index in [2.05, 4.69) is 17.6 Å². The summed E-state index contributed by atoms with van der Waals surface area (Å²) in [6, 6.07) is 2.52. The van der Waals surface area contributed by atoms with Crippen LogP contribution in [0.25, 0.3) is 0 Å². The smallest absolute Gasteiger partial charge is 0.151 e. The molecule has 1 unspecified atom stereocenters. The highest BCUT2D eigenvalue weighted by Gasteiger charge is 2.31. The van der Waals surface area contributed by atoms with Crippen molar-refractivity contribution >= 4 is 9.84 Å². The van der Waals surface area contributed by atoms with Gasteiger partial charge >= 0.3 is 0 Å². The Hall–Kier alpha value is -0.810. The summed E-state index contributed by atoms with van der Waals surface area (Å²) in [4.78, 5) is 0. The van der Waals surface area contributed by atoms with Crippen LogP contribution in [0.15, 0.2) is 18.5 Å². The molecule has 1 heterocycles. The summed E-state index contributed by atoms with van der Waals surface area (Å²) < 4.78 is 24.9. The van der Waals surface area contributed by atoms with Gasteiger partial charge in [0.15, 0.2) is 9.84 Å². The van der Waals surface area contributed by atoms with E-state index in [-0.39, 0.29) is 11.5 Å². The summed E-state index contributed by atoms with van der Waals surface area (Å²) >= 11 is 0. The Balaban J connectivity index is 1.97. The van der Waals surface area contributed by atoms with Crippen LogP contribution in [0.5, 0.6) is 0 Å². The molecule has 1 saturated carbocycles. The van der Waals surface area contributed by atoms with Crippen LogP contribution in [0.3, 0.4) is 0 Å². The van der Waals surface area contributed by atoms with Gasteiger partial charge in [0.2, 0.25) is 0 Å². The van der Waals surface area contributed by atoms with Gasteiger partial charge in [0.05, 0.1) is 5.75 Å². The molecule has 0 spiro atoms. The van der Waals surface area contributed by atoms with Gasteiger partial charge in [-0.2, -0.15) is 0 Å². The molecule has 2 rings (SSSR count). The van der Waals surface area contributed by atoms with E-state index >= 15 is 0 Å². The van der Waals surface area contributed by atoms with Gasteiger partial charge in [0, 0.05) is 30.7 Å². The van der Waals surface area contributed by atoms with Crippen LogP contribution >= 0.6 is 0 Å². The van der Waals surface area contributed by atoms with Gasteiger partial charge in [-0.1, -0.05) is 6.92 Å². The van der Waals surface area contributed by atoms with E-state index in [1.165, 1.54) is 18.4 Å².